The van der Waals surface area contributed by atoms with Gasteiger partial charge < -0.3 is 10.4 Å². The molecule has 22 heavy (non-hydrogen) atoms. The van der Waals surface area contributed by atoms with Crippen molar-refractivity contribution in [2.75, 3.05) is 5.32 Å². The number of nitrogens with one attached hydrogen (secondary N) is 3. The number of carbonyl (C=O) groups is 1. The molecular weight excluding hydrogens is 390 g/mol. The lowest BCUT2D eigenvalue weighted by Gasteiger charge is -2.12. The maximum absolute atomic E-state index is 12.0. The van der Waals surface area contributed by atoms with Gasteiger partial charge in [-0.2, -0.15) is 0 Å². The van der Waals surface area contributed by atoms with Gasteiger partial charge in [0.05, 0.1) is 5.56 Å². The number of hydrogen-bond acceptors (Lipinski definition) is 3. The Bertz CT molecular complexity index is 710. The van der Waals surface area contributed by atoms with Crippen molar-refractivity contribution in [1.29, 1.82) is 0 Å². The van der Waals surface area contributed by atoms with Crippen molar-refractivity contribution in [2.45, 2.75) is 0 Å². The highest BCUT2D eigenvalue weighted by molar-refractivity contribution is 9.10. The monoisotopic (exact) mass is 399 g/mol. The molecule has 5 nitrogen and oxygen atoms in total. The summed E-state index contributed by atoms with van der Waals surface area (Å²) in [6.07, 6.45) is 0. The zero-order chi connectivity index (χ0) is 16.1. The third-order valence-corrected chi connectivity index (χ3v) is 3.54. The first kappa shape index (κ1) is 16.5. The number of hydrazine groups is 1. The van der Waals surface area contributed by atoms with Crippen molar-refractivity contribution in [3.8, 4) is 5.75 Å². The molecule has 2 aromatic carbocycles. The predicted octanol–water partition coefficient (Wildman–Crippen LogP) is 3.44. The molecule has 0 aliphatic heterocycles. The Morgan fingerprint density at radius 3 is 2.50 bits per heavy atom. The third kappa shape index (κ3) is 4.59. The van der Waals surface area contributed by atoms with Gasteiger partial charge in [-0.25, -0.2) is 0 Å². The Kier molecular flexibility index (Phi) is 5.59. The van der Waals surface area contributed by atoms with E-state index >= 15 is 0 Å². The van der Waals surface area contributed by atoms with E-state index < -0.39 is 5.91 Å². The predicted molar refractivity (Wildman–Crippen MR) is 94.1 cm³/mol. The highest BCUT2D eigenvalue weighted by Crippen LogP contribution is 2.21. The standard InChI is InChI=1S/C14H11BrClN3O2S/c15-8-1-6-12(20)11(7-8)13(21)18-19-14(22)17-10-4-2-9(16)3-5-10/h1-7,20H,(H,18,21)(H2,17,19,22). The number of hydrogen-bond donors (Lipinski definition) is 4. The lowest BCUT2D eigenvalue weighted by atomic mass is 10.2. The SMILES string of the molecule is O=C(NNC(=S)Nc1ccc(Cl)cc1)c1cc(Br)ccc1O. The van der Waals surface area contributed by atoms with E-state index in [9.17, 15) is 9.90 Å². The van der Waals surface area contributed by atoms with Crippen LogP contribution >= 0.6 is 39.7 Å². The normalized spacial score (nSPS) is 9.91. The molecule has 2 aromatic rings. The van der Waals surface area contributed by atoms with Crippen LogP contribution in [0.15, 0.2) is 46.9 Å². The number of thiocarbonyl (C=S) groups is 1. The van der Waals surface area contributed by atoms with Gasteiger partial charge in [0.1, 0.15) is 5.75 Å². The van der Waals surface area contributed by atoms with Gasteiger partial charge in [-0.3, -0.25) is 15.6 Å². The molecule has 0 aliphatic rings. The molecule has 0 radical (unpaired) electrons. The van der Waals surface area contributed by atoms with Crippen molar-refractivity contribution < 1.29 is 9.90 Å². The van der Waals surface area contributed by atoms with Crippen LogP contribution in [0, 0.1) is 0 Å². The van der Waals surface area contributed by atoms with Crippen molar-refractivity contribution >= 4 is 56.5 Å². The van der Waals surface area contributed by atoms with E-state index in [1.165, 1.54) is 12.1 Å². The molecule has 114 valence electrons. The molecule has 0 fully saturated rings. The molecule has 0 saturated carbocycles. The molecule has 8 heteroatoms. The summed E-state index contributed by atoms with van der Waals surface area (Å²) in [4.78, 5) is 12.0. The summed E-state index contributed by atoms with van der Waals surface area (Å²) >= 11 is 14.1. The summed E-state index contributed by atoms with van der Waals surface area (Å²) in [5.74, 6) is -0.641. The quantitative estimate of drug-likeness (QED) is 0.459. The topological polar surface area (TPSA) is 73.4 Å². The maximum Gasteiger partial charge on any atom is 0.273 e. The van der Waals surface area contributed by atoms with Crippen molar-refractivity contribution in [2.24, 2.45) is 0 Å². The van der Waals surface area contributed by atoms with E-state index in [4.69, 9.17) is 23.8 Å². The van der Waals surface area contributed by atoms with E-state index in [1.54, 1.807) is 30.3 Å². The first-order valence-corrected chi connectivity index (χ1v) is 7.65. The largest absolute Gasteiger partial charge is 0.507 e. The molecule has 0 bridgehead atoms. The first-order chi connectivity index (χ1) is 10.5. The Hall–Kier alpha value is -1.83. The molecule has 1 amide bonds. The van der Waals surface area contributed by atoms with Crippen LogP contribution in [0.25, 0.3) is 0 Å². The Morgan fingerprint density at radius 2 is 1.82 bits per heavy atom. The van der Waals surface area contributed by atoms with E-state index in [2.05, 4.69) is 32.1 Å². The lowest BCUT2D eigenvalue weighted by Crippen LogP contribution is -2.43. The van der Waals surface area contributed by atoms with E-state index in [0.717, 1.165) is 5.69 Å². The van der Waals surface area contributed by atoms with Crippen LogP contribution in [0.5, 0.6) is 5.75 Å². The smallest absolute Gasteiger partial charge is 0.273 e. The van der Waals surface area contributed by atoms with Gasteiger partial charge in [0.2, 0.25) is 0 Å². The first-order valence-electron chi connectivity index (χ1n) is 6.07. The van der Waals surface area contributed by atoms with Crippen LogP contribution in [0.1, 0.15) is 10.4 Å². The summed E-state index contributed by atoms with van der Waals surface area (Å²) in [5.41, 5.74) is 5.80. The van der Waals surface area contributed by atoms with Crippen LogP contribution < -0.4 is 16.2 Å². The van der Waals surface area contributed by atoms with Crippen LogP contribution in [-0.4, -0.2) is 16.1 Å². The zero-order valence-electron chi connectivity index (χ0n) is 11.1. The summed E-state index contributed by atoms with van der Waals surface area (Å²) < 4.78 is 0.678. The molecule has 0 unspecified atom stereocenters. The van der Waals surface area contributed by atoms with Gasteiger partial charge >= 0.3 is 0 Å². The molecule has 0 spiro atoms. The Morgan fingerprint density at radius 1 is 1.14 bits per heavy atom. The van der Waals surface area contributed by atoms with Gasteiger partial charge in [-0.05, 0) is 54.7 Å². The van der Waals surface area contributed by atoms with Crippen LogP contribution in [-0.2, 0) is 0 Å². The summed E-state index contributed by atoms with van der Waals surface area (Å²) in [6, 6.07) is 11.5. The summed E-state index contributed by atoms with van der Waals surface area (Å²) in [7, 11) is 0. The van der Waals surface area contributed by atoms with Crippen molar-refractivity contribution in [3.63, 3.8) is 0 Å². The van der Waals surface area contributed by atoms with Gasteiger partial charge in [0.15, 0.2) is 5.11 Å². The number of benzene rings is 2. The Labute approximate surface area is 145 Å². The van der Waals surface area contributed by atoms with Crippen LogP contribution in [0.4, 0.5) is 5.69 Å². The summed E-state index contributed by atoms with van der Waals surface area (Å²) in [5, 5.41) is 13.4. The molecular formula is C14H11BrClN3O2S. The highest BCUT2D eigenvalue weighted by Gasteiger charge is 2.11. The second-order valence-electron chi connectivity index (χ2n) is 4.20. The third-order valence-electron chi connectivity index (χ3n) is 2.59. The molecule has 4 N–H and O–H groups in total. The van der Waals surface area contributed by atoms with Gasteiger partial charge in [0, 0.05) is 15.2 Å². The number of aromatic hydroxyl groups is 1. The fourth-order valence-corrected chi connectivity index (χ4v) is 2.22. The number of carbonyl (C=O) groups excluding carboxylic acids is 1. The molecule has 2 rings (SSSR count). The summed E-state index contributed by atoms with van der Waals surface area (Å²) in [6.45, 7) is 0. The fraction of sp³-hybridized carbons (Fsp3) is 0. The number of rotatable bonds is 2. The number of phenols is 1. The van der Waals surface area contributed by atoms with Crippen LogP contribution in [0.2, 0.25) is 5.02 Å². The fourth-order valence-electron chi connectivity index (χ4n) is 1.57. The van der Waals surface area contributed by atoms with Crippen molar-refractivity contribution in [3.05, 3.63) is 57.5 Å². The molecule has 0 heterocycles. The minimum absolute atomic E-state index is 0.121. The number of halogens is 2. The van der Waals surface area contributed by atoms with Gasteiger partial charge in [0.25, 0.3) is 5.91 Å². The van der Waals surface area contributed by atoms with E-state index in [1.807, 2.05) is 0 Å². The average Bonchev–Trinajstić information content (AvgIpc) is 2.49. The number of amides is 1. The Balaban J connectivity index is 1.91. The highest BCUT2D eigenvalue weighted by atomic mass is 79.9. The molecule has 0 aliphatic carbocycles. The van der Waals surface area contributed by atoms with E-state index in [0.29, 0.717) is 9.50 Å². The molecule has 0 atom stereocenters. The van der Waals surface area contributed by atoms with Gasteiger partial charge in [-0.15, -0.1) is 0 Å². The maximum atomic E-state index is 12.0. The van der Waals surface area contributed by atoms with Crippen molar-refractivity contribution in [1.82, 2.24) is 10.9 Å². The second kappa shape index (κ2) is 7.44. The lowest BCUT2D eigenvalue weighted by molar-refractivity contribution is 0.0941. The number of anilines is 1. The molecule has 0 saturated heterocycles. The zero-order valence-corrected chi connectivity index (χ0v) is 14.2. The second-order valence-corrected chi connectivity index (χ2v) is 5.96. The minimum atomic E-state index is -0.515. The molecule has 0 aromatic heterocycles. The average molecular weight is 401 g/mol. The van der Waals surface area contributed by atoms with Gasteiger partial charge in [-0.1, -0.05) is 27.5 Å². The van der Waals surface area contributed by atoms with E-state index in [-0.39, 0.29) is 16.4 Å². The number of phenolic OH excluding ortho intramolecular Hbond substituents is 1. The minimum Gasteiger partial charge on any atom is -0.507 e. The van der Waals surface area contributed by atoms with Crippen LogP contribution in [0.3, 0.4) is 0 Å².